The number of nitrogens with zero attached hydrogens (tertiary/aromatic N) is 5. The second kappa shape index (κ2) is 8.95. The minimum absolute atomic E-state index is 0.0306. The maximum Gasteiger partial charge on any atom is 0.341 e. The van der Waals surface area contributed by atoms with Crippen LogP contribution in [-0.2, 0) is 11.4 Å². The Morgan fingerprint density at radius 2 is 1.90 bits per heavy atom. The maximum absolute atomic E-state index is 13.5. The lowest BCUT2D eigenvalue weighted by Crippen LogP contribution is -2.47. The first kappa shape index (κ1) is 20.6. The van der Waals surface area contributed by atoms with E-state index in [9.17, 15) is 23.7 Å². The second-order valence-electron chi connectivity index (χ2n) is 6.48. The predicted octanol–water partition coefficient (Wildman–Crippen LogP) is 2.69. The third kappa shape index (κ3) is 4.67. The molecular weight excluding hydrogens is 388 g/mol. The van der Waals surface area contributed by atoms with Crippen molar-refractivity contribution in [1.82, 2.24) is 14.7 Å². The van der Waals surface area contributed by atoms with Crippen LogP contribution >= 0.6 is 0 Å². The first-order chi connectivity index (χ1) is 13.9. The third-order valence-electron chi connectivity index (χ3n) is 4.71. The molecule has 0 saturated carbocycles. The van der Waals surface area contributed by atoms with Crippen LogP contribution in [-0.4, -0.2) is 58.4 Å². The fraction of sp³-hybridized carbons (Fsp3) is 0.444. The first-order valence-corrected chi connectivity index (χ1v) is 9.13. The lowest BCUT2D eigenvalue weighted by molar-refractivity contribution is -0.384. The SMILES string of the molecule is CCOC(=O)c1cnn(CN2CCN(c3ccc([N+](=O)[O-])cc3)CC2)c1C(F)F. The average molecular weight is 409 g/mol. The van der Waals surface area contributed by atoms with E-state index < -0.39 is 23.0 Å². The molecule has 0 bridgehead atoms. The molecule has 156 valence electrons. The number of hydrogen-bond donors (Lipinski definition) is 0. The summed E-state index contributed by atoms with van der Waals surface area (Å²) >= 11 is 0. The van der Waals surface area contributed by atoms with E-state index in [2.05, 4.69) is 10.00 Å². The minimum Gasteiger partial charge on any atom is -0.462 e. The van der Waals surface area contributed by atoms with Crippen molar-refractivity contribution in [1.29, 1.82) is 0 Å². The van der Waals surface area contributed by atoms with Gasteiger partial charge in [0.2, 0.25) is 0 Å². The van der Waals surface area contributed by atoms with Crippen LogP contribution in [0.1, 0.15) is 29.4 Å². The van der Waals surface area contributed by atoms with E-state index in [1.165, 1.54) is 12.1 Å². The summed E-state index contributed by atoms with van der Waals surface area (Å²) in [7, 11) is 0. The van der Waals surface area contributed by atoms with E-state index in [1.807, 2.05) is 4.90 Å². The van der Waals surface area contributed by atoms with Crippen molar-refractivity contribution in [3.8, 4) is 0 Å². The molecule has 3 rings (SSSR count). The van der Waals surface area contributed by atoms with Crippen LogP contribution in [0.25, 0.3) is 0 Å². The summed E-state index contributed by atoms with van der Waals surface area (Å²) in [5.41, 5.74) is 0.239. The number of alkyl halides is 2. The molecule has 0 aliphatic carbocycles. The molecule has 1 aliphatic rings. The lowest BCUT2D eigenvalue weighted by Gasteiger charge is -2.36. The summed E-state index contributed by atoms with van der Waals surface area (Å²) in [6.07, 6.45) is -1.73. The monoisotopic (exact) mass is 409 g/mol. The summed E-state index contributed by atoms with van der Waals surface area (Å²) in [6, 6.07) is 6.30. The standard InChI is InChI=1S/C18H21F2N5O4/c1-2-29-18(26)15-11-21-24(16(15)17(19)20)12-22-7-9-23(10-8-22)13-3-5-14(6-4-13)25(27)28/h3-6,11,17H,2,7-10,12H2,1H3. The lowest BCUT2D eigenvalue weighted by atomic mass is 10.2. The summed E-state index contributed by atoms with van der Waals surface area (Å²) in [4.78, 5) is 26.2. The predicted molar refractivity (Wildman–Crippen MR) is 100 cm³/mol. The zero-order valence-electron chi connectivity index (χ0n) is 15.8. The van der Waals surface area contributed by atoms with Crippen molar-refractivity contribution in [3.63, 3.8) is 0 Å². The summed E-state index contributed by atoms with van der Waals surface area (Å²) in [6.45, 7) is 4.28. The number of hydrogen-bond acceptors (Lipinski definition) is 7. The van der Waals surface area contributed by atoms with Crippen molar-refractivity contribution >= 4 is 17.3 Å². The Hall–Kier alpha value is -3.08. The van der Waals surface area contributed by atoms with Gasteiger partial charge in [0.05, 0.1) is 24.4 Å². The summed E-state index contributed by atoms with van der Waals surface area (Å²) in [5.74, 6) is -0.808. The number of piperazine rings is 1. The van der Waals surface area contributed by atoms with E-state index in [-0.39, 0.29) is 24.5 Å². The Balaban J connectivity index is 1.63. The van der Waals surface area contributed by atoms with Gasteiger partial charge in [0.15, 0.2) is 0 Å². The fourth-order valence-corrected chi connectivity index (χ4v) is 3.23. The minimum atomic E-state index is -2.85. The van der Waals surface area contributed by atoms with Crippen molar-refractivity contribution in [2.75, 3.05) is 37.7 Å². The Labute approximate surface area is 165 Å². The molecule has 2 aromatic rings. The highest BCUT2D eigenvalue weighted by Gasteiger charge is 2.27. The number of nitro groups is 1. The number of benzene rings is 1. The van der Waals surface area contributed by atoms with E-state index in [0.717, 1.165) is 16.6 Å². The van der Waals surface area contributed by atoms with Gasteiger partial charge in [-0.05, 0) is 19.1 Å². The highest BCUT2D eigenvalue weighted by Crippen LogP contribution is 2.25. The Morgan fingerprint density at radius 1 is 1.24 bits per heavy atom. The van der Waals surface area contributed by atoms with Gasteiger partial charge in [-0.15, -0.1) is 0 Å². The van der Waals surface area contributed by atoms with Crippen LogP contribution in [0.15, 0.2) is 30.5 Å². The molecule has 0 radical (unpaired) electrons. The molecule has 0 amide bonds. The quantitative estimate of drug-likeness (QED) is 0.394. The van der Waals surface area contributed by atoms with Gasteiger partial charge in [-0.25, -0.2) is 18.3 Å². The fourth-order valence-electron chi connectivity index (χ4n) is 3.23. The normalized spacial score (nSPS) is 15.0. The molecule has 0 N–H and O–H groups in total. The number of esters is 1. The Kier molecular flexibility index (Phi) is 6.37. The van der Waals surface area contributed by atoms with Gasteiger partial charge < -0.3 is 9.64 Å². The van der Waals surface area contributed by atoms with Gasteiger partial charge >= 0.3 is 5.97 Å². The van der Waals surface area contributed by atoms with Crippen LogP contribution in [0.4, 0.5) is 20.2 Å². The highest BCUT2D eigenvalue weighted by molar-refractivity contribution is 5.90. The van der Waals surface area contributed by atoms with Gasteiger partial charge in [0.25, 0.3) is 12.1 Å². The van der Waals surface area contributed by atoms with Crippen LogP contribution in [0.5, 0.6) is 0 Å². The topological polar surface area (TPSA) is 93.7 Å². The molecule has 1 aromatic heterocycles. The molecule has 1 fully saturated rings. The molecule has 9 nitrogen and oxygen atoms in total. The van der Waals surface area contributed by atoms with E-state index in [1.54, 1.807) is 19.1 Å². The average Bonchev–Trinajstić information content (AvgIpc) is 3.13. The molecule has 1 aromatic carbocycles. The van der Waals surface area contributed by atoms with Crippen LogP contribution in [0.3, 0.4) is 0 Å². The number of carbonyl (C=O) groups excluding carboxylic acids is 1. The Bertz CT molecular complexity index is 864. The third-order valence-corrected chi connectivity index (χ3v) is 4.71. The zero-order valence-corrected chi connectivity index (χ0v) is 15.8. The first-order valence-electron chi connectivity index (χ1n) is 9.13. The number of non-ortho nitro benzene ring substituents is 1. The van der Waals surface area contributed by atoms with Gasteiger partial charge in [-0.1, -0.05) is 0 Å². The Morgan fingerprint density at radius 3 is 2.45 bits per heavy atom. The van der Waals surface area contributed by atoms with Gasteiger partial charge in [-0.2, -0.15) is 5.10 Å². The van der Waals surface area contributed by atoms with Crippen LogP contribution in [0.2, 0.25) is 0 Å². The number of nitro benzene ring substituents is 1. The van der Waals surface area contributed by atoms with E-state index in [4.69, 9.17) is 4.74 Å². The highest BCUT2D eigenvalue weighted by atomic mass is 19.3. The molecule has 1 aliphatic heterocycles. The number of ether oxygens (including phenoxy) is 1. The second-order valence-corrected chi connectivity index (χ2v) is 6.48. The molecule has 0 spiro atoms. The number of halogens is 2. The number of rotatable bonds is 7. The van der Waals surface area contributed by atoms with Crippen LogP contribution in [0, 0.1) is 10.1 Å². The van der Waals surface area contributed by atoms with Crippen LogP contribution < -0.4 is 4.90 Å². The summed E-state index contributed by atoms with van der Waals surface area (Å²) < 4.78 is 33.0. The molecule has 0 unspecified atom stereocenters. The molecular formula is C18H21F2N5O4. The number of anilines is 1. The van der Waals surface area contributed by atoms with Crippen molar-refractivity contribution in [3.05, 3.63) is 51.8 Å². The maximum atomic E-state index is 13.5. The van der Waals surface area contributed by atoms with E-state index in [0.29, 0.717) is 26.2 Å². The zero-order chi connectivity index (χ0) is 21.0. The summed E-state index contributed by atoms with van der Waals surface area (Å²) in [5, 5.41) is 14.7. The van der Waals surface area contributed by atoms with E-state index >= 15 is 0 Å². The molecule has 0 atom stereocenters. The largest absolute Gasteiger partial charge is 0.462 e. The number of carbonyl (C=O) groups is 1. The smallest absolute Gasteiger partial charge is 0.341 e. The van der Waals surface area contributed by atoms with Gasteiger partial charge in [-0.3, -0.25) is 15.0 Å². The van der Waals surface area contributed by atoms with Crippen molar-refractivity contribution in [2.45, 2.75) is 20.0 Å². The molecule has 2 heterocycles. The molecule has 29 heavy (non-hydrogen) atoms. The van der Waals surface area contributed by atoms with Crippen molar-refractivity contribution < 1.29 is 23.2 Å². The van der Waals surface area contributed by atoms with Gasteiger partial charge in [0, 0.05) is 44.0 Å². The number of aromatic nitrogens is 2. The molecule has 1 saturated heterocycles. The molecule has 11 heteroatoms. The van der Waals surface area contributed by atoms with Gasteiger partial charge in [0.1, 0.15) is 11.3 Å². The van der Waals surface area contributed by atoms with Crippen molar-refractivity contribution in [2.24, 2.45) is 0 Å².